The highest BCUT2D eigenvalue weighted by Crippen LogP contribution is 1.74. The molecule has 9 heavy (non-hydrogen) atoms. The maximum atomic E-state index is 9.43. The van der Waals surface area contributed by atoms with Gasteiger partial charge in [-0.15, -0.1) is 0 Å². The number of carboxylic acid groups (broad SMARTS) is 2. The minimum Gasteiger partial charge on any atom is -0.481 e. The third-order valence-electron chi connectivity index (χ3n) is 0.302. The van der Waals surface area contributed by atoms with Gasteiger partial charge in [-0.05, 0) is 0 Å². The van der Waals surface area contributed by atoms with E-state index in [1.165, 1.54) is 0 Å². The van der Waals surface area contributed by atoms with E-state index in [4.69, 9.17) is 10.2 Å². The number of hydrogen-bond donors (Lipinski definition) is 2. The molecular formula is C3H10O4P2. The van der Waals surface area contributed by atoms with E-state index in [9.17, 15) is 9.59 Å². The van der Waals surface area contributed by atoms with E-state index in [1.54, 1.807) is 0 Å². The Kier molecular flexibility index (Phi) is 13.8. The van der Waals surface area contributed by atoms with Gasteiger partial charge in [0.15, 0.2) is 0 Å². The molecule has 2 atom stereocenters. The maximum absolute atomic E-state index is 9.43. The van der Waals surface area contributed by atoms with Crippen molar-refractivity contribution in [2.75, 3.05) is 0 Å². The zero-order valence-corrected chi connectivity index (χ0v) is 7.66. The zero-order chi connectivity index (χ0) is 5.86. The van der Waals surface area contributed by atoms with E-state index in [-0.39, 0.29) is 19.8 Å². The van der Waals surface area contributed by atoms with Crippen molar-refractivity contribution in [2.45, 2.75) is 6.42 Å². The number of hydrogen-bond acceptors (Lipinski definition) is 2. The Hall–Kier alpha value is -0.200. The first-order valence-electron chi connectivity index (χ1n) is 1.56. The monoisotopic (exact) mass is 172 g/mol. The predicted octanol–water partition coefficient (Wildman–Crippen LogP) is -0.338. The molecule has 0 spiro atoms. The van der Waals surface area contributed by atoms with Crippen LogP contribution >= 0.6 is 19.8 Å². The summed E-state index contributed by atoms with van der Waals surface area (Å²) in [6.07, 6.45) is -0.806. The highest BCUT2D eigenvalue weighted by Gasteiger charge is 2.01. The topological polar surface area (TPSA) is 74.6 Å². The summed E-state index contributed by atoms with van der Waals surface area (Å²) in [5.41, 5.74) is 0. The van der Waals surface area contributed by atoms with Gasteiger partial charge in [-0.3, -0.25) is 9.59 Å². The lowest BCUT2D eigenvalue weighted by Crippen LogP contribution is -2.03. The molecule has 0 aromatic rings. The molecule has 4 nitrogen and oxygen atoms in total. The van der Waals surface area contributed by atoms with Crippen LogP contribution in [0, 0.1) is 0 Å². The van der Waals surface area contributed by atoms with Gasteiger partial charge in [0, 0.05) is 0 Å². The van der Waals surface area contributed by atoms with Crippen LogP contribution in [0.4, 0.5) is 0 Å². The Balaban J connectivity index is -0.000000180. The largest absolute Gasteiger partial charge is 0.481 e. The first-order chi connectivity index (χ1) is 3.13. The molecule has 0 aromatic carbocycles. The van der Waals surface area contributed by atoms with Gasteiger partial charge in [0.1, 0.15) is 6.42 Å². The molecular weight excluding hydrogens is 162 g/mol. The molecule has 0 aromatic heterocycles. The first-order valence-corrected chi connectivity index (χ1v) is 1.56. The molecule has 0 bridgehead atoms. The lowest BCUT2D eigenvalue weighted by molar-refractivity contribution is -0.147. The Morgan fingerprint density at radius 2 is 1.22 bits per heavy atom. The molecule has 0 amide bonds. The second kappa shape index (κ2) is 7.80. The summed E-state index contributed by atoms with van der Waals surface area (Å²) in [6.45, 7) is 0. The van der Waals surface area contributed by atoms with Crippen molar-refractivity contribution in [3.63, 3.8) is 0 Å². The van der Waals surface area contributed by atoms with E-state index >= 15 is 0 Å². The van der Waals surface area contributed by atoms with Crippen molar-refractivity contribution < 1.29 is 19.8 Å². The second-order valence-electron chi connectivity index (χ2n) is 0.964. The molecule has 0 aliphatic heterocycles. The van der Waals surface area contributed by atoms with E-state index in [0.29, 0.717) is 0 Å². The summed E-state index contributed by atoms with van der Waals surface area (Å²) >= 11 is 0. The molecule has 0 aliphatic carbocycles. The predicted molar refractivity (Wildman–Crippen MR) is 42.1 cm³/mol. The molecule has 0 saturated carbocycles. The summed E-state index contributed by atoms with van der Waals surface area (Å²) in [5.74, 6) is -2.62. The van der Waals surface area contributed by atoms with Crippen molar-refractivity contribution >= 4 is 31.7 Å². The Morgan fingerprint density at radius 1 is 1.00 bits per heavy atom. The number of aliphatic carboxylic acids is 2. The van der Waals surface area contributed by atoms with E-state index in [2.05, 4.69) is 0 Å². The lowest BCUT2D eigenvalue weighted by atomic mass is 10.5. The number of carbonyl (C=O) groups is 2. The summed E-state index contributed by atoms with van der Waals surface area (Å²) < 4.78 is 0. The van der Waals surface area contributed by atoms with Gasteiger partial charge in [0.2, 0.25) is 0 Å². The van der Waals surface area contributed by atoms with Gasteiger partial charge in [0.05, 0.1) is 0 Å². The molecule has 2 unspecified atom stereocenters. The fourth-order valence-corrected chi connectivity index (χ4v) is 0.129. The van der Waals surface area contributed by atoms with E-state index < -0.39 is 18.4 Å². The van der Waals surface area contributed by atoms with Gasteiger partial charge in [-0.2, -0.15) is 19.8 Å². The SMILES string of the molecule is O=C(O)CC(=O)O.P.P. The number of rotatable bonds is 2. The molecule has 6 heteroatoms. The maximum Gasteiger partial charge on any atom is 0.314 e. The normalized spacial score (nSPS) is 6.22. The highest BCUT2D eigenvalue weighted by atomic mass is 31.0. The second-order valence-corrected chi connectivity index (χ2v) is 0.964. The van der Waals surface area contributed by atoms with Crippen molar-refractivity contribution in [3.8, 4) is 0 Å². The van der Waals surface area contributed by atoms with Gasteiger partial charge in [-0.25, -0.2) is 0 Å². The van der Waals surface area contributed by atoms with Crippen LogP contribution in [0.3, 0.4) is 0 Å². The summed E-state index contributed by atoms with van der Waals surface area (Å²) in [7, 11) is 0. The summed E-state index contributed by atoms with van der Waals surface area (Å²) in [5, 5.41) is 15.4. The van der Waals surface area contributed by atoms with Gasteiger partial charge < -0.3 is 10.2 Å². The average Bonchev–Trinajstić information content (AvgIpc) is 1.27. The molecule has 0 heterocycles. The van der Waals surface area contributed by atoms with Crippen molar-refractivity contribution in [1.82, 2.24) is 0 Å². The minimum atomic E-state index is -1.31. The van der Waals surface area contributed by atoms with Crippen molar-refractivity contribution in [1.29, 1.82) is 0 Å². The molecule has 56 valence electrons. The van der Waals surface area contributed by atoms with Crippen LogP contribution in [-0.2, 0) is 9.59 Å². The molecule has 0 radical (unpaired) electrons. The van der Waals surface area contributed by atoms with Crippen LogP contribution in [0.15, 0.2) is 0 Å². The molecule has 0 rings (SSSR count). The standard InChI is InChI=1S/C3H4O4.2H3P/c4-2(5)1-3(6)7;;/h1H2,(H,4,5)(H,6,7);2*1H3. The average molecular weight is 172 g/mol. The van der Waals surface area contributed by atoms with Crippen LogP contribution in [-0.4, -0.2) is 22.2 Å². The third-order valence-corrected chi connectivity index (χ3v) is 0.302. The molecule has 0 saturated heterocycles. The Morgan fingerprint density at radius 3 is 1.22 bits per heavy atom. The van der Waals surface area contributed by atoms with Crippen molar-refractivity contribution in [3.05, 3.63) is 0 Å². The van der Waals surface area contributed by atoms with Crippen LogP contribution < -0.4 is 0 Å². The van der Waals surface area contributed by atoms with Crippen LogP contribution in [0.2, 0.25) is 0 Å². The first kappa shape index (κ1) is 15.9. The Bertz CT molecular complexity index is 90.0. The van der Waals surface area contributed by atoms with Gasteiger partial charge >= 0.3 is 11.9 Å². The quantitative estimate of drug-likeness (QED) is 0.441. The molecule has 0 aliphatic rings. The van der Waals surface area contributed by atoms with E-state index in [0.717, 1.165) is 0 Å². The summed E-state index contributed by atoms with van der Waals surface area (Å²) in [4.78, 5) is 18.9. The smallest absolute Gasteiger partial charge is 0.314 e. The zero-order valence-electron chi connectivity index (χ0n) is 4.83. The summed E-state index contributed by atoms with van der Waals surface area (Å²) in [6, 6.07) is 0. The minimum absolute atomic E-state index is 0. The van der Waals surface area contributed by atoms with Crippen LogP contribution in [0.5, 0.6) is 0 Å². The fourth-order valence-electron chi connectivity index (χ4n) is 0.129. The number of carboxylic acids is 2. The van der Waals surface area contributed by atoms with Gasteiger partial charge in [0.25, 0.3) is 0 Å². The van der Waals surface area contributed by atoms with Crippen LogP contribution in [0.25, 0.3) is 0 Å². The van der Waals surface area contributed by atoms with E-state index in [1.807, 2.05) is 0 Å². The molecule has 0 fully saturated rings. The molecule has 2 N–H and O–H groups in total. The Labute approximate surface area is 58.9 Å². The fraction of sp³-hybridized carbons (Fsp3) is 0.333. The third kappa shape index (κ3) is 18.2. The lowest BCUT2D eigenvalue weighted by Gasteiger charge is -1.80. The van der Waals surface area contributed by atoms with Crippen LogP contribution in [0.1, 0.15) is 6.42 Å². The highest BCUT2D eigenvalue weighted by molar-refractivity contribution is 6.92. The van der Waals surface area contributed by atoms with Crippen molar-refractivity contribution in [2.24, 2.45) is 0 Å². The van der Waals surface area contributed by atoms with Gasteiger partial charge in [-0.1, -0.05) is 0 Å².